The highest BCUT2D eigenvalue weighted by molar-refractivity contribution is 6.64. The zero-order valence-electron chi connectivity index (χ0n) is 9.04. The monoisotopic (exact) mass is 200 g/mol. The van der Waals surface area contributed by atoms with Crippen molar-refractivity contribution >= 4 is 8.56 Å². The van der Waals surface area contributed by atoms with Crippen LogP contribution in [-0.2, 0) is 8.85 Å². The highest BCUT2D eigenvalue weighted by Crippen LogP contribution is 2.07. The molecule has 2 nitrogen and oxygen atoms in total. The summed E-state index contributed by atoms with van der Waals surface area (Å²) in [5, 5.41) is 0. The molecule has 0 unspecified atom stereocenters. The number of allylic oxidation sites excluding steroid dienone is 2. The van der Waals surface area contributed by atoms with Gasteiger partial charge in [-0.05, 0) is 12.8 Å². The van der Waals surface area contributed by atoms with E-state index in [9.17, 15) is 0 Å². The molecule has 0 spiro atoms. The molecule has 0 amide bonds. The molecule has 0 aromatic heterocycles. The van der Waals surface area contributed by atoms with E-state index in [1.54, 1.807) is 12.5 Å². The number of hydrogen-bond donors (Lipinski definition) is 0. The van der Waals surface area contributed by atoms with Gasteiger partial charge in [0.05, 0.1) is 12.5 Å². The third-order valence-corrected chi connectivity index (χ3v) is 2.77. The zero-order chi connectivity index (χ0) is 10.2. The van der Waals surface area contributed by atoms with Crippen molar-refractivity contribution in [3.8, 4) is 0 Å². The summed E-state index contributed by atoms with van der Waals surface area (Å²) in [6, 6.07) is 0. The Balaban J connectivity index is 3.78. The van der Waals surface area contributed by atoms with Gasteiger partial charge in [0, 0.05) is 13.1 Å². The summed E-state index contributed by atoms with van der Waals surface area (Å²) in [6.45, 7) is 8.19. The third kappa shape index (κ3) is 7.65. The summed E-state index contributed by atoms with van der Waals surface area (Å²) in [5.41, 5.74) is 0. The molecule has 76 valence electrons. The van der Waals surface area contributed by atoms with Gasteiger partial charge in [-0.2, -0.15) is 0 Å². The Morgan fingerprint density at radius 3 is 1.62 bits per heavy atom. The first-order valence-corrected chi connectivity index (χ1v) is 7.59. The zero-order valence-corrected chi connectivity index (χ0v) is 10.0. The van der Waals surface area contributed by atoms with Crippen LogP contribution >= 0.6 is 0 Å². The van der Waals surface area contributed by atoms with Crippen LogP contribution < -0.4 is 0 Å². The molecule has 0 aliphatic rings. The van der Waals surface area contributed by atoms with Gasteiger partial charge < -0.3 is 8.85 Å². The molecule has 0 aromatic carbocycles. The van der Waals surface area contributed by atoms with Crippen molar-refractivity contribution in [2.45, 2.75) is 39.8 Å². The minimum atomic E-state index is -1.95. The molecule has 0 saturated carbocycles. The van der Waals surface area contributed by atoms with E-state index in [0.29, 0.717) is 0 Å². The van der Waals surface area contributed by atoms with E-state index < -0.39 is 8.56 Å². The molecule has 13 heavy (non-hydrogen) atoms. The van der Waals surface area contributed by atoms with Gasteiger partial charge in [-0.1, -0.05) is 26.0 Å². The van der Waals surface area contributed by atoms with E-state index in [1.807, 2.05) is 25.2 Å². The molecular formula is C10H20O2Si. The Bertz CT molecular complexity index is 156. The second-order valence-corrected chi connectivity index (χ2v) is 6.47. The Kier molecular flexibility index (Phi) is 6.41. The molecule has 0 bridgehead atoms. The maximum absolute atomic E-state index is 5.50. The van der Waals surface area contributed by atoms with Crippen molar-refractivity contribution in [2.24, 2.45) is 0 Å². The summed E-state index contributed by atoms with van der Waals surface area (Å²) in [6.07, 6.45) is 9.45. The lowest BCUT2D eigenvalue weighted by molar-refractivity contribution is 0.318. The van der Waals surface area contributed by atoms with Crippen LogP contribution in [0.4, 0.5) is 0 Å². The second kappa shape index (κ2) is 6.77. The molecule has 0 aromatic rings. The van der Waals surface area contributed by atoms with Crippen molar-refractivity contribution < 1.29 is 8.85 Å². The van der Waals surface area contributed by atoms with Gasteiger partial charge in [0.15, 0.2) is 0 Å². The van der Waals surface area contributed by atoms with Crippen molar-refractivity contribution in [3.63, 3.8) is 0 Å². The van der Waals surface area contributed by atoms with Gasteiger partial charge in [-0.3, -0.25) is 0 Å². The van der Waals surface area contributed by atoms with E-state index >= 15 is 0 Å². The second-order valence-electron chi connectivity index (χ2n) is 3.20. The van der Waals surface area contributed by atoms with Crippen LogP contribution in [0, 0.1) is 0 Å². The minimum Gasteiger partial charge on any atom is -0.519 e. The Morgan fingerprint density at radius 2 is 1.31 bits per heavy atom. The van der Waals surface area contributed by atoms with Crippen LogP contribution in [0.1, 0.15) is 26.7 Å². The van der Waals surface area contributed by atoms with Crippen LogP contribution in [0.25, 0.3) is 0 Å². The first-order valence-electron chi connectivity index (χ1n) is 4.78. The van der Waals surface area contributed by atoms with Gasteiger partial charge in [0.25, 0.3) is 0 Å². The number of rotatable bonds is 6. The van der Waals surface area contributed by atoms with Crippen molar-refractivity contribution in [1.82, 2.24) is 0 Å². The average Bonchev–Trinajstić information content (AvgIpc) is 2.05. The molecule has 0 rings (SSSR count). The van der Waals surface area contributed by atoms with E-state index in [0.717, 1.165) is 12.8 Å². The van der Waals surface area contributed by atoms with Crippen molar-refractivity contribution in [3.05, 3.63) is 24.7 Å². The van der Waals surface area contributed by atoms with Gasteiger partial charge in [-0.15, -0.1) is 0 Å². The third-order valence-electron chi connectivity index (χ3n) is 1.37. The first-order chi connectivity index (χ1) is 6.12. The van der Waals surface area contributed by atoms with Gasteiger partial charge >= 0.3 is 8.56 Å². The lowest BCUT2D eigenvalue weighted by atomic mass is 10.5. The Hall–Kier alpha value is -0.703. The average molecular weight is 200 g/mol. The fraction of sp³-hybridized carbons (Fsp3) is 0.600. The van der Waals surface area contributed by atoms with Gasteiger partial charge in [0.1, 0.15) is 0 Å². The lowest BCUT2D eigenvalue weighted by Crippen LogP contribution is -2.30. The van der Waals surface area contributed by atoms with Crippen LogP contribution in [0.5, 0.6) is 0 Å². The lowest BCUT2D eigenvalue weighted by Gasteiger charge is -2.19. The van der Waals surface area contributed by atoms with Crippen molar-refractivity contribution in [1.29, 1.82) is 0 Å². The molecular weight excluding hydrogens is 180 g/mol. The predicted molar refractivity (Wildman–Crippen MR) is 58.5 cm³/mol. The fourth-order valence-corrected chi connectivity index (χ4v) is 1.55. The van der Waals surface area contributed by atoms with Gasteiger partial charge in [-0.25, -0.2) is 0 Å². The normalized spacial score (nSPS) is 12.6. The summed E-state index contributed by atoms with van der Waals surface area (Å²) in [4.78, 5) is 0. The van der Waals surface area contributed by atoms with E-state index in [4.69, 9.17) is 8.85 Å². The highest BCUT2D eigenvalue weighted by atomic mass is 28.4. The predicted octanol–water partition coefficient (Wildman–Crippen LogP) is 3.57. The largest absolute Gasteiger partial charge is 0.519 e. The molecule has 0 radical (unpaired) electrons. The Labute approximate surface area is 82.5 Å². The van der Waals surface area contributed by atoms with E-state index in [-0.39, 0.29) is 0 Å². The molecule has 0 saturated heterocycles. The fourth-order valence-electron chi connectivity index (χ4n) is 0.644. The number of hydrogen-bond acceptors (Lipinski definition) is 2. The molecule has 3 heteroatoms. The molecule has 0 N–H and O–H groups in total. The SMILES string of the molecule is CC/C=C\O[Si](C)(C)O/C=C/CC. The standard InChI is InChI=1S/C10H20O2Si/c1-5-7-9-11-13(3,4)12-10-8-6-2/h7-10H,5-6H2,1-4H3/b9-7-,10-8+. The van der Waals surface area contributed by atoms with Crippen LogP contribution in [-0.4, -0.2) is 8.56 Å². The smallest absolute Gasteiger partial charge is 0.453 e. The van der Waals surface area contributed by atoms with Crippen LogP contribution in [0.2, 0.25) is 13.1 Å². The van der Waals surface area contributed by atoms with Gasteiger partial charge in [0.2, 0.25) is 0 Å². The van der Waals surface area contributed by atoms with Crippen LogP contribution in [0.3, 0.4) is 0 Å². The molecule has 0 fully saturated rings. The maximum Gasteiger partial charge on any atom is 0.453 e. The summed E-state index contributed by atoms with van der Waals surface area (Å²) in [5.74, 6) is 0. The topological polar surface area (TPSA) is 18.5 Å². The van der Waals surface area contributed by atoms with Crippen molar-refractivity contribution in [2.75, 3.05) is 0 Å². The van der Waals surface area contributed by atoms with Crippen LogP contribution in [0.15, 0.2) is 24.7 Å². The van der Waals surface area contributed by atoms with E-state index in [1.165, 1.54) is 0 Å². The summed E-state index contributed by atoms with van der Waals surface area (Å²) < 4.78 is 11.0. The first kappa shape index (κ1) is 12.3. The Morgan fingerprint density at radius 1 is 0.923 bits per heavy atom. The summed E-state index contributed by atoms with van der Waals surface area (Å²) in [7, 11) is -1.95. The quantitative estimate of drug-likeness (QED) is 0.482. The molecule has 0 aliphatic carbocycles. The highest BCUT2D eigenvalue weighted by Gasteiger charge is 2.25. The minimum absolute atomic E-state index is 0.995. The molecule has 0 aliphatic heterocycles. The maximum atomic E-state index is 5.50. The molecule has 0 atom stereocenters. The van der Waals surface area contributed by atoms with E-state index in [2.05, 4.69) is 13.8 Å². The molecule has 0 heterocycles. The summed E-state index contributed by atoms with van der Waals surface area (Å²) >= 11 is 0.